The van der Waals surface area contributed by atoms with E-state index in [-0.39, 0.29) is 17.0 Å². The molecule has 1 aromatic carbocycles. The number of pyridine rings is 1. The summed E-state index contributed by atoms with van der Waals surface area (Å²) in [5, 5.41) is 8.55. The van der Waals surface area contributed by atoms with Gasteiger partial charge in [0.1, 0.15) is 12.2 Å². The molecule has 4 heterocycles. The standard InChI is InChI=1S/C29H31F3N6O2/c1-19-12-36(8-9-40-19)13-20-10-23(29(30,31)32)24-15-37(26(39)38(24)14-20)22-5-3-4-21(11-22)28(16-27(17-28)6-7-27)25-34-33-18-35(25)2/h3-5,10-11,14-15,18-19H,6-9,12-13,16-17H2,1-2H3/t19-/m1/s1. The Labute approximate surface area is 229 Å². The quantitative estimate of drug-likeness (QED) is 0.369. The number of rotatable bonds is 5. The molecule has 4 aromatic rings. The van der Waals surface area contributed by atoms with Crippen molar-refractivity contribution in [2.24, 2.45) is 12.5 Å². The highest BCUT2D eigenvalue weighted by Gasteiger charge is 2.63. The van der Waals surface area contributed by atoms with Crippen molar-refractivity contribution in [3.8, 4) is 5.69 Å². The van der Waals surface area contributed by atoms with Crippen LogP contribution in [0.2, 0.25) is 0 Å². The number of ether oxygens (including phenoxy) is 1. The molecule has 210 valence electrons. The normalized spacial score (nSPS) is 22.1. The first-order valence-corrected chi connectivity index (χ1v) is 13.7. The number of hydrogen-bond donors (Lipinski definition) is 0. The highest BCUT2D eigenvalue weighted by molar-refractivity contribution is 5.58. The first-order valence-electron chi connectivity index (χ1n) is 13.7. The molecule has 3 fully saturated rings. The fourth-order valence-corrected chi connectivity index (χ4v) is 6.96. The van der Waals surface area contributed by atoms with Gasteiger partial charge in [0.2, 0.25) is 0 Å². The number of imidazole rings is 1. The van der Waals surface area contributed by atoms with Crippen LogP contribution >= 0.6 is 0 Å². The lowest BCUT2D eigenvalue weighted by Crippen LogP contribution is -2.45. The number of aromatic nitrogens is 5. The molecule has 2 aliphatic carbocycles. The Kier molecular flexibility index (Phi) is 5.60. The van der Waals surface area contributed by atoms with Gasteiger partial charge in [0.15, 0.2) is 0 Å². The fraction of sp³-hybridized carbons (Fsp3) is 0.483. The van der Waals surface area contributed by atoms with Crippen LogP contribution in [0.3, 0.4) is 0 Å². The van der Waals surface area contributed by atoms with Gasteiger partial charge in [-0.3, -0.25) is 13.9 Å². The molecule has 0 bridgehead atoms. The van der Waals surface area contributed by atoms with Crippen LogP contribution in [0.1, 0.15) is 55.1 Å². The number of alkyl halides is 3. The molecule has 3 aliphatic rings. The van der Waals surface area contributed by atoms with Crippen LogP contribution < -0.4 is 5.69 Å². The van der Waals surface area contributed by atoms with Gasteiger partial charge >= 0.3 is 11.9 Å². The summed E-state index contributed by atoms with van der Waals surface area (Å²) < 4.78 is 52.7. The second-order valence-corrected chi connectivity index (χ2v) is 12.0. The number of benzene rings is 1. The van der Waals surface area contributed by atoms with Gasteiger partial charge in [-0.05, 0) is 67.3 Å². The highest BCUT2D eigenvalue weighted by atomic mass is 19.4. The van der Waals surface area contributed by atoms with E-state index in [1.807, 2.05) is 36.7 Å². The molecule has 0 unspecified atom stereocenters. The third kappa shape index (κ3) is 4.09. The van der Waals surface area contributed by atoms with Crippen LogP contribution in [0.15, 0.2) is 53.8 Å². The number of fused-ring (bicyclic) bond motifs is 1. The second-order valence-electron chi connectivity index (χ2n) is 12.0. The van der Waals surface area contributed by atoms with E-state index >= 15 is 0 Å². The van der Waals surface area contributed by atoms with Crippen LogP contribution in [0.25, 0.3) is 11.2 Å². The van der Waals surface area contributed by atoms with E-state index in [0.717, 1.165) is 28.6 Å². The van der Waals surface area contributed by atoms with Crippen molar-refractivity contribution >= 4 is 5.52 Å². The Balaban J connectivity index is 1.31. The summed E-state index contributed by atoms with van der Waals surface area (Å²) in [5.41, 5.74) is 0.470. The summed E-state index contributed by atoms with van der Waals surface area (Å²) in [6.45, 7) is 4.02. The Morgan fingerprint density at radius 2 is 1.95 bits per heavy atom. The molecular formula is C29H31F3N6O2. The van der Waals surface area contributed by atoms with E-state index in [1.165, 1.54) is 35.9 Å². The number of morpholine rings is 1. The van der Waals surface area contributed by atoms with Crippen molar-refractivity contribution in [3.63, 3.8) is 0 Å². The van der Waals surface area contributed by atoms with Crippen molar-refractivity contribution in [1.82, 2.24) is 28.6 Å². The van der Waals surface area contributed by atoms with Crippen LogP contribution in [0.4, 0.5) is 13.2 Å². The predicted octanol–water partition coefficient (Wildman–Crippen LogP) is 4.32. The highest BCUT2D eigenvalue weighted by Crippen LogP contribution is 2.70. The van der Waals surface area contributed by atoms with E-state index in [1.54, 1.807) is 12.4 Å². The first kappa shape index (κ1) is 25.5. The molecule has 3 aromatic heterocycles. The van der Waals surface area contributed by atoms with Crippen molar-refractivity contribution in [1.29, 1.82) is 0 Å². The van der Waals surface area contributed by atoms with Crippen molar-refractivity contribution in [3.05, 3.63) is 82.1 Å². The topological polar surface area (TPSA) is 69.6 Å². The zero-order valence-corrected chi connectivity index (χ0v) is 22.5. The molecule has 2 saturated carbocycles. The number of nitrogens with zero attached hydrogens (tertiary/aromatic N) is 6. The van der Waals surface area contributed by atoms with Gasteiger partial charge in [0.25, 0.3) is 0 Å². The molecule has 40 heavy (non-hydrogen) atoms. The maximum atomic E-state index is 14.3. The Morgan fingerprint density at radius 3 is 2.62 bits per heavy atom. The molecule has 11 heteroatoms. The first-order chi connectivity index (χ1) is 19.1. The molecule has 1 saturated heterocycles. The zero-order valence-electron chi connectivity index (χ0n) is 22.5. The van der Waals surface area contributed by atoms with Gasteiger partial charge in [0.05, 0.1) is 34.9 Å². The molecule has 8 nitrogen and oxygen atoms in total. The fourth-order valence-electron chi connectivity index (χ4n) is 6.96. The SMILES string of the molecule is C[C@@H]1CN(Cc2cc(C(F)(F)F)c3cn(-c4cccc(C5(c6nncn6C)CC6(CC6)C5)c4)c(=O)n3c2)CCO1. The summed E-state index contributed by atoms with van der Waals surface area (Å²) in [7, 11) is 1.93. The maximum Gasteiger partial charge on any atom is 0.418 e. The minimum atomic E-state index is -4.61. The lowest BCUT2D eigenvalue weighted by atomic mass is 9.56. The molecule has 7 rings (SSSR count). The second kappa shape index (κ2) is 8.78. The molecule has 1 aliphatic heterocycles. The smallest absolute Gasteiger partial charge is 0.376 e. The van der Waals surface area contributed by atoms with Gasteiger partial charge in [-0.2, -0.15) is 13.2 Å². The van der Waals surface area contributed by atoms with Crippen LogP contribution in [0.5, 0.6) is 0 Å². The minimum absolute atomic E-state index is 0.00551. The van der Waals surface area contributed by atoms with Gasteiger partial charge in [-0.15, -0.1) is 10.2 Å². The maximum absolute atomic E-state index is 14.3. The molecule has 1 atom stereocenters. The average molecular weight is 553 g/mol. The molecule has 0 amide bonds. The Hall–Kier alpha value is -3.44. The monoisotopic (exact) mass is 552 g/mol. The van der Waals surface area contributed by atoms with Crippen molar-refractivity contribution in [2.75, 3.05) is 19.7 Å². The van der Waals surface area contributed by atoms with E-state index in [2.05, 4.69) is 15.1 Å². The third-order valence-corrected chi connectivity index (χ3v) is 8.99. The van der Waals surface area contributed by atoms with Crippen LogP contribution in [-0.4, -0.2) is 54.4 Å². The zero-order chi connectivity index (χ0) is 27.9. The van der Waals surface area contributed by atoms with E-state index in [4.69, 9.17) is 4.74 Å². The van der Waals surface area contributed by atoms with Crippen molar-refractivity contribution in [2.45, 2.75) is 56.8 Å². The largest absolute Gasteiger partial charge is 0.418 e. The molecule has 1 spiro atoms. The molecule has 0 radical (unpaired) electrons. The number of halogens is 3. The van der Waals surface area contributed by atoms with Gasteiger partial charge in [0, 0.05) is 39.1 Å². The van der Waals surface area contributed by atoms with Crippen molar-refractivity contribution < 1.29 is 17.9 Å². The summed E-state index contributed by atoms with van der Waals surface area (Å²) >= 11 is 0. The Bertz CT molecular complexity index is 1660. The third-order valence-electron chi connectivity index (χ3n) is 8.99. The van der Waals surface area contributed by atoms with Gasteiger partial charge in [-0.1, -0.05) is 12.1 Å². The summed E-state index contributed by atoms with van der Waals surface area (Å²) in [5.74, 6) is 0.873. The van der Waals surface area contributed by atoms with Gasteiger partial charge in [-0.25, -0.2) is 4.79 Å². The Morgan fingerprint density at radius 1 is 1.15 bits per heavy atom. The van der Waals surface area contributed by atoms with Crippen LogP contribution in [0, 0.1) is 5.41 Å². The predicted molar refractivity (Wildman–Crippen MR) is 141 cm³/mol. The average Bonchev–Trinajstić information content (AvgIpc) is 3.46. The number of hydrogen-bond acceptors (Lipinski definition) is 5. The lowest BCUT2D eigenvalue weighted by molar-refractivity contribution is -0.136. The number of aryl methyl sites for hydroxylation is 1. The van der Waals surface area contributed by atoms with E-state index < -0.39 is 17.4 Å². The summed E-state index contributed by atoms with van der Waals surface area (Å²) in [4.78, 5) is 15.7. The lowest BCUT2D eigenvalue weighted by Gasteiger charge is -2.48. The van der Waals surface area contributed by atoms with E-state index in [0.29, 0.717) is 42.9 Å². The molecule has 0 N–H and O–H groups in total. The minimum Gasteiger partial charge on any atom is -0.376 e. The van der Waals surface area contributed by atoms with Crippen LogP contribution in [-0.2, 0) is 29.9 Å². The van der Waals surface area contributed by atoms with E-state index in [9.17, 15) is 18.0 Å². The van der Waals surface area contributed by atoms with Gasteiger partial charge < -0.3 is 9.30 Å². The summed E-state index contributed by atoms with van der Waals surface area (Å²) in [6.07, 6.45) is 4.23. The summed E-state index contributed by atoms with van der Waals surface area (Å²) in [6, 6.07) is 8.75. The molecular weight excluding hydrogens is 521 g/mol.